The summed E-state index contributed by atoms with van der Waals surface area (Å²) in [6.45, 7) is 1.99. The Labute approximate surface area is 105 Å². The number of nitrogens with two attached hydrogens (primary N) is 1. The highest BCUT2D eigenvalue weighted by atomic mass is 79.9. The van der Waals surface area contributed by atoms with Crippen molar-refractivity contribution in [3.05, 3.63) is 28.2 Å². The molecule has 0 unspecified atom stereocenters. The van der Waals surface area contributed by atoms with Gasteiger partial charge in [0.1, 0.15) is 5.75 Å². The highest BCUT2D eigenvalue weighted by Crippen LogP contribution is 2.31. The van der Waals surface area contributed by atoms with Gasteiger partial charge >= 0.3 is 0 Å². The lowest BCUT2D eigenvalue weighted by atomic mass is 10.1. The van der Waals surface area contributed by atoms with Gasteiger partial charge in [0.2, 0.25) is 0 Å². The average Bonchev–Trinajstić information content (AvgIpc) is 2.73. The number of halogens is 1. The second-order valence-electron chi connectivity index (χ2n) is 4.50. The smallest absolute Gasteiger partial charge is 0.133 e. The minimum absolute atomic E-state index is 0.0665. The summed E-state index contributed by atoms with van der Waals surface area (Å²) >= 11 is 3.54. The maximum Gasteiger partial charge on any atom is 0.133 e. The summed E-state index contributed by atoms with van der Waals surface area (Å²) in [7, 11) is 0. The minimum Gasteiger partial charge on any atom is -0.489 e. The van der Waals surface area contributed by atoms with Crippen molar-refractivity contribution in [2.75, 3.05) is 0 Å². The van der Waals surface area contributed by atoms with Crippen molar-refractivity contribution in [3.8, 4) is 5.75 Å². The minimum atomic E-state index is 0.0665. The molecule has 16 heavy (non-hydrogen) atoms. The molecule has 0 heterocycles. The molecule has 1 aliphatic rings. The Bertz CT molecular complexity index is 359. The van der Waals surface area contributed by atoms with E-state index in [4.69, 9.17) is 10.5 Å². The molecule has 0 spiro atoms. The Hall–Kier alpha value is -0.540. The zero-order valence-corrected chi connectivity index (χ0v) is 11.2. The van der Waals surface area contributed by atoms with Gasteiger partial charge in [-0.05, 0) is 66.2 Å². The molecule has 1 aliphatic carbocycles. The third-order valence-electron chi connectivity index (χ3n) is 3.08. The molecule has 1 saturated carbocycles. The van der Waals surface area contributed by atoms with E-state index in [0.717, 1.165) is 15.8 Å². The third kappa shape index (κ3) is 2.77. The summed E-state index contributed by atoms with van der Waals surface area (Å²) in [5.74, 6) is 0.941. The van der Waals surface area contributed by atoms with Crippen molar-refractivity contribution in [1.29, 1.82) is 0 Å². The van der Waals surface area contributed by atoms with Gasteiger partial charge in [-0.2, -0.15) is 0 Å². The summed E-state index contributed by atoms with van der Waals surface area (Å²) < 4.78 is 6.96. The molecular formula is C13H18BrNO. The van der Waals surface area contributed by atoms with E-state index in [2.05, 4.69) is 22.0 Å². The first-order valence-corrected chi connectivity index (χ1v) is 6.68. The third-order valence-corrected chi connectivity index (χ3v) is 3.70. The fourth-order valence-electron chi connectivity index (χ4n) is 2.08. The van der Waals surface area contributed by atoms with Crippen molar-refractivity contribution in [3.63, 3.8) is 0 Å². The van der Waals surface area contributed by atoms with Crippen LogP contribution in [0.5, 0.6) is 5.75 Å². The fourth-order valence-corrected chi connectivity index (χ4v) is 2.57. The zero-order valence-electron chi connectivity index (χ0n) is 9.58. The molecule has 2 rings (SSSR count). The summed E-state index contributed by atoms with van der Waals surface area (Å²) in [6.07, 6.45) is 5.35. The highest BCUT2D eigenvalue weighted by Gasteiger charge is 2.17. The molecular weight excluding hydrogens is 266 g/mol. The molecule has 3 heteroatoms. The van der Waals surface area contributed by atoms with Crippen LogP contribution in [0.2, 0.25) is 0 Å². The van der Waals surface area contributed by atoms with Crippen LogP contribution < -0.4 is 10.5 Å². The van der Waals surface area contributed by atoms with Crippen LogP contribution in [0.25, 0.3) is 0 Å². The number of rotatable bonds is 3. The molecule has 0 aliphatic heterocycles. The van der Waals surface area contributed by atoms with Crippen LogP contribution in [0.3, 0.4) is 0 Å². The van der Waals surface area contributed by atoms with Crippen molar-refractivity contribution < 1.29 is 4.74 Å². The van der Waals surface area contributed by atoms with Crippen LogP contribution in [0.1, 0.15) is 44.2 Å². The Morgan fingerprint density at radius 1 is 1.38 bits per heavy atom. The second kappa shape index (κ2) is 5.19. The van der Waals surface area contributed by atoms with Crippen molar-refractivity contribution in [2.24, 2.45) is 5.73 Å². The number of ether oxygens (including phenoxy) is 1. The summed E-state index contributed by atoms with van der Waals surface area (Å²) in [6, 6.07) is 6.17. The monoisotopic (exact) mass is 283 g/mol. The van der Waals surface area contributed by atoms with Gasteiger partial charge in [0.05, 0.1) is 10.6 Å². The van der Waals surface area contributed by atoms with E-state index in [0.29, 0.717) is 6.10 Å². The first kappa shape index (κ1) is 11.9. The molecule has 88 valence electrons. The van der Waals surface area contributed by atoms with Crippen molar-refractivity contribution in [2.45, 2.75) is 44.8 Å². The normalized spacial score (nSPS) is 18.7. The number of hydrogen-bond donors (Lipinski definition) is 1. The molecule has 1 aromatic carbocycles. The standard InChI is InChI=1S/C13H18BrNO/c1-9(15)10-6-7-13(12(14)8-10)16-11-4-2-3-5-11/h6-9,11H,2-5,15H2,1H3/t9-/m1/s1. The molecule has 0 bridgehead atoms. The molecule has 2 N–H and O–H groups in total. The fraction of sp³-hybridized carbons (Fsp3) is 0.538. The molecule has 1 fully saturated rings. The van der Waals surface area contributed by atoms with E-state index in [1.807, 2.05) is 19.1 Å². The van der Waals surface area contributed by atoms with Crippen LogP contribution in [-0.2, 0) is 0 Å². The number of hydrogen-bond acceptors (Lipinski definition) is 2. The van der Waals surface area contributed by atoms with Crippen LogP contribution in [0, 0.1) is 0 Å². The largest absolute Gasteiger partial charge is 0.489 e. The lowest BCUT2D eigenvalue weighted by molar-refractivity contribution is 0.208. The quantitative estimate of drug-likeness (QED) is 0.916. The molecule has 0 aromatic heterocycles. The van der Waals surface area contributed by atoms with Gasteiger partial charge in [0.15, 0.2) is 0 Å². The van der Waals surface area contributed by atoms with Crippen LogP contribution in [-0.4, -0.2) is 6.10 Å². The van der Waals surface area contributed by atoms with E-state index in [1.54, 1.807) is 0 Å². The van der Waals surface area contributed by atoms with Crippen LogP contribution in [0.15, 0.2) is 22.7 Å². The van der Waals surface area contributed by atoms with Crippen LogP contribution >= 0.6 is 15.9 Å². The second-order valence-corrected chi connectivity index (χ2v) is 5.36. The topological polar surface area (TPSA) is 35.2 Å². The SMILES string of the molecule is C[C@@H](N)c1ccc(OC2CCCC2)c(Br)c1. The molecule has 1 aromatic rings. The summed E-state index contributed by atoms with van der Waals surface area (Å²) in [5.41, 5.74) is 6.96. The lowest BCUT2D eigenvalue weighted by Gasteiger charge is -2.15. The first-order chi connectivity index (χ1) is 7.66. The van der Waals surface area contributed by atoms with E-state index < -0.39 is 0 Å². The summed E-state index contributed by atoms with van der Waals surface area (Å²) in [4.78, 5) is 0. The maximum atomic E-state index is 5.95. The Morgan fingerprint density at radius 2 is 2.06 bits per heavy atom. The van der Waals surface area contributed by atoms with E-state index in [9.17, 15) is 0 Å². The van der Waals surface area contributed by atoms with Gasteiger partial charge in [0, 0.05) is 6.04 Å². The van der Waals surface area contributed by atoms with Gasteiger partial charge in [-0.25, -0.2) is 0 Å². The van der Waals surface area contributed by atoms with Gasteiger partial charge in [-0.15, -0.1) is 0 Å². The van der Waals surface area contributed by atoms with Crippen LogP contribution in [0.4, 0.5) is 0 Å². The molecule has 1 atom stereocenters. The summed E-state index contributed by atoms with van der Waals surface area (Å²) in [5, 5.41) is 0. The molecule has 0 saturated heterocycles. The number of benzene rings is 1. The van der Waals surface area contributed by atoms with Gasteiger partial charge in [0.25, 0.3) is 0 Å². The van der Waals surface area contributed by atoms with Crippen molar-refractivity contribution >= 4 is 15.9 Å². The maximum absolute atomic E-state index is 5.95. The Balaban J connectivity index is 2.09. The molecule has 0 radical (unpaired) electrons. The van der Waals surface area contributed by atoms with E-state index in [1.165, 1.54) is 25.7 Å². The Kier molecular flexibility index (Phi) is 3.87. The Morgan fingerprint density at radius 3 is 2.62 bits per heavy atom. The first-order valence-electron chi connectivity index (χ1n) is 5.88. The average molecular weight is 284 g/mol. The molecule has 2 nitrogen and oxygen atoms in total. The van der Waals surface area contributed by atoms with E-state index in [-0.39, 0.29) is 6.04 Å². The van der Waals surface area contributed by atoms with E-state index >= 15 is 0 Å². The molecule has 0 amide bonds. The van der Waals surface area contributed by atoms with Crippen molar-refractivity contribution in [1.82, 2.24) is 0 Å². The predicted octanol–water partition coefficient (Wildman–Crippen LogP) is 3.79. The van der Waals surface area contributed by atoms with Gasteiger partial charge in [-0.1, -0.05) is 6.07 Å². The predicted molar refractivity (Wildman–Crippen MR) is 69.6 cm³/mol. The van der Waals surface area contributed by atoms with Gasteiger partial charge in [-0.3, -0.25) is 0 Å². The highest BCUT2D eigenvalue weighted by molar-refractivity contribution is 9.10. The van der Waals surface area contributed by atoms with Gasteiger partial charge < -0.3 is 10.5 Å². The lowest BCUT2D eigenvalue weighted by Crippen LogP contribution is -2.11. The zero-order chi connectivity index (χ0) is 11.5.